The Hall–Kier alpha value is -3.44. The van der Waals surface area contributed by atoms with Gasteiger partial charge in [0.1, 0.15) is 5.41 Å². The number of fused-ring (bicyclic) bond motifs is 1. The van der Waals surface area contributed by atoms with Crippen molar-refractivity contribution in [3.05, 3.63) is 95.1 Å². The van der Waals surface area contributed by atoms with Crippen molar-refractivity contribution in [1.29, 1.82) is 0 Å². The predicted molar refractivity (Wildman–Crippen MR) is 109 cm³/mol. The maximum atomic E-state index is 13.9. The van der Waals surface area contributed by atoms with Gasteiger partial charge in [-0.3, -0.25) is 9.59 Å². The highest BCUT2D eigenvalue weighted by Gasteiger charge is 2.55. The second-order valence-corrected chi connectivity index (χ2v) is 7.34. The average Bonchev–Trinajstić information content (AvgIpc) is 2.75. The summed E-state index contributed by atoms with van der Waals surface area (Å²) in [7, 11) is 0. The van der Waals surface area contributed by atoms with Crippen molar-refractivity contribution in [3.8, 4) is 11.5 Å². The van der Waals surface area contributed by atoms with Crippen molar-refractivity contribution < 1.29 is 19.8 Å². The highest BCUT2D eigenvalue weighted by atomic mass is 16.3. The van der Waals surface area contributed by atoms with Crippen LogP contribution in [0.2, 0.25) is 0 Å². The van der Waals surface area contributed by atoms with Crippen molar-refractivity contribution >= 4 is 11.6 Å². The first-order chi connectivity index (χ1) is 14.0. The lowest BCUT2D eigenvalue weighted by Gasteiger charge is -2.41. The van der Waals surface area contributed by atoms with E-state index >= 15 is 0 Å². The van der Waals surface area contributed by atoms with E-state index in [9.17, 15) is 19.8 Å². The molecule has 1 aliphatic rings. The molecule has 3 aromatic carbocycles. The standard InChI is InChI=1S/C24H21NO4/c25-21-12-11-17-13-19(26)20(27)14-18(17)24(21,22(28)15-7-3-1-4-8-15)23(29)16-9-5-2-6-10-16/h1-10,13-14,21,26-27H,11-12,25H2. The summed E-state index contributed by atoms with van der Waals surface area (Å²) in [6.07, 6.45) is 0.893. The van der Waals surface area contributed by atoms with Crippen LogP contribution in [0.15, 0.2) is 72.8 Å². The number of nitrogens with two attached hydrogens (primary N) is 1. The van der Waals surface area contributed by atoms with Gasteiger partial charge in [0.15, 0.2) is 23.1 Å². The summed E-state index contributed by atoms with van der Waals surface area (Å²) in [5.74, 6) is -1.49. The Kier molecular flexibility index (Phi) is 4.68. The molecule has 0 heterocycles. The average molecular weight is 387 g/mol. The Labute approximate surface area is 168 Å². The molecule has 0 aromatic heterocycles. The van der Waals surface area contributed by atoms with E-state index in [1.165, 1.54) is 12.1 Å². The summed E-state index contributed by atoms with van der Waals surface area (Å²) in [6, 6.07) is 19.1. The zero-order chi connectivity index (χ0) is 20.6. The molecular formula is C24H21NO4. The number of ketones is 2. The molecule has 3 aromatic rings. The molecule has 146 valence electrons. The van der Waals surface area contributed by atoms with Gasteiger partial charge in [0.05, 0.1) is 0 Å². The second-order valence-electron chi connectivity index (χ2n) is 7.34. The van der Waals surface area contributed by atoms with Crippen LogP contribution in [0.3, 0.4) is 0 Å². The number of rotatable bonds is 4. The third kappa shape index (κ3) is 2.91. The monoisotopic (exact) mass is 387 g/mol. The lowest BCUT2D eigenvalue weighted by atomic mass is 9.60. The summed E-state index contributed by atoms with van der Waals surface area (Å²) in [4.78, 5) is 27.7. The topological polar surface area (TPSA) is 101 Å². The van der Waals surface area contributed by atoms with E-state index in [-0.39, 0.29) is 11.5 Å². The predicted octanol–water partition coefficient (Wildman–Crippen LogP) is 3.37. The lowest BCUT2D eigenvalue weighted by molar-refractivity contribution is 0.0718. The Morgan fingerprint density at radius 2 is 1.31 bits per heavy atom. The van der Waals surface area contributed by atoms with Crippen LogP contribution in [-0.4, -0.2) is 27.8 Å². The quantitative estimate of drug-likeness (QED) is 0.362. The second kappa shape index (κ2) is 7.18. The highest BCUT2D eigenvalue weighted by Crippen LogP contribution is 2.45. The Balaban J connectivity index is 2.03. The van der Waals surface area contributed by atoms with Crippen LogP contribution in [0.4, 0.5) is 0 Å². The van der Waals surface area contributed by atoms with Crippen molar-refractivity contribution in [1.82, 2.24) is 0 Å². The van der Waals surface area contributed by atoms with E-state index in [0.717, 1.165) is 0 Å². The fourth-order valence-corrected chi connectivity index (χ4v) is 4.24. The van der Waals surface area contributed by atoms with Gasteiger partial charge in [-0.25, -0.2) is 0 Å². The zero-order valence-corrected chi connectivity index (χ0v) is 15.7. The molecular weight excluding hydrogens is 366 g/mol. The SMILES string of the molecule is NC1CCc2cc(O)c(O)cc2C1(C(=O)c1ccccc1)C(=O)c1ccccc1. The van der Waals surface area contributed by atoms with Gasteiger partial charge >= 0.3 is 0 Å². The first-order valence-corrected chi connectivity index (χ1v) is 9.47. The maximum Gasteiger partial charge on any atom is 0.182 e. The fourth-order valence-electron chi connectivity index (χ4n) is 4.24. The third-order valence-corrected chi connectivity index (χ3v) is 5.69. The van der Waals surface area contributed by atoms with Gasteiger partial charge in [0, 0.05) is 17.2 Å². The molecule has 1 aliphatic carbocycles. The molecule has 0 saturated carbocycles. The van der Waals surface area contributed by atoms with Crippen molar-refractivity contribution in [2.45, 2.75) is 24.3 Å². The van der Waals surface area contributed by atoms with E-state index in [1.54, 1.807) is 60.7 Å². The normalized spacial score (nSPS) is 17.3. The number of aryl methyl sites for hydroxylation is 1. The minimum Gasteiger partial charge on any atom is -0.504 e. The summed E-state index contributed by atoms with van der Waals surface area (Å²) < 4.78 is 0. The van der Waals surface area contributed by atoms with Gasteiger partial charge in [-0.2, -0.15) is 0 Å². The third-order valence-electron chi connectivity index (χ3n) is 5.69. The van der Waals surface area contributed by atoms with Crippen molar-refractivity contribution in [2.24, 2.45) is 5.73 Å². The molecule has 0 fully saturated rings. The van der Waals surface area contributed by atoms with E-state index in [2.05, 4.69) is 0 Å². The summed E-state index contributed by atoms with van der Waals surface area (Å²) >= 11 is 0. The van der Waals surface area contributed by atoms with Crippen LogP contribution in [0.1, 0.15) is 38.3 Å². The lowest BCUT2D eigenvalue weighted by Crippen LogP contribution is -2.59. The van der Waals surface area contributed by atoms with Crippen LogP contribution < -0.4 is 5.73 Å². The molecule has 0 radical (unpaired) electrons. The number of phenols is 2. The van der Waals surface area contributed by atoms with Crippen molar-refractivity contribution in [2.75, 3.05) is 0 Å². The molecule has 0 aliphatic heterocycles. The minimum absolute atomic E-state index is 0.285. The number of carbonyl (C=O) groups is 2. The Morgan fingerprint density at radius 1 is 0.828 bits per heavy atom. The number of Topliss-reactive ketones (excluding diaryl/α,β-unsaturated/α-hetero) is 2. The fraction of sp³-hybridized carbons (Fsp3) is 0.167. The number of hydrogen-bond donors (Lipinski definition) is 3. The largest absolute Gasteiger partial charge is 0.504 e. The molecule has 0 bridgehead atoms. The molecule has 0 amide bonds. The van der Waals surface area contributed by atoms with E-state index < -0.39 is 23.0 Å². The molecule has 29 heavy (non-hydrogen) atoms. The molecule has 4 rings (SSSR count). The number of hydrogen-bond acceptors (Lipinski definition) is 5. The highest BCUT2D eigenvalue weighted by molar-refractivity contribution is 6.25. The molecule has 5 heteroatoms. The Morgan fingerprint density at radius 3 is 1.83 bits per heavy atom. The Bertz CT molecular complexity index is 1030. The van der Waals surface area contributed by atoms with Gasteiger partial charge < -0.3 is 15.9 Å². The minimum atomic E-state index is -1.69. The van der Waals surface area contributed by atoms with Crippen molar-refractivity contribution in [3.63, 3.8) is 0 Å². The smallest absolute Gasteiger partial charge is 0.182 e. The van der Waals surface area contributed by atoms with Gasteiger partial charge in [-0.15, -0.1) is 0 Å². The zero-order valence-electron chi connectivity index (χ0n) is 15.7. The van der Waals surface area contributed by atoms with E-state index in [4.69, 9.17) is 5.73 Å². The van der Waals surface area contributed by atoms with Gasteiger partial charge in [0.2, 0.25) is 0 Å². The first kappa shape index (κ1) is 18.9. The molecule has 4 N–H and O–H groups in total. The van der Waals surface area contributed by atoms with Crippen LogP contribution in [0, 0.1) is 0 Å². The van der Waals surface area contributed by atoms with Crippen LogP contribution in [0.25, 0.3) is 0 Å². The first-order valence-electron chi connectivity index (χ1n) is 9.47. The van der Waals surface area contributed by atoms with Gasteiger partial charge in [-0.05, 0) is 36.1 Å². The summed E-state index contributed by atoms with van der Waals surface area (Å²) in [5, 5.41) is 20.2. The molecule has 0 saturated heterocycles. The summed E-state index contributed by atoms with van der Waals surface area (Å²) in [6.45, 7) is 0. The van der Waals surface area contributed by atoms with Crippen LogP contribution in [-0.2, 0) is 11.8 Å². The molecule has 1 unspecified atom stereocenters. The number of carbonyl (C=O) groups excluding carboxylic acids is 2. The number of aromatic hydroxyl groups is 2. The van der Waals surface area contributed by atoms with Crippen LogP contribution >= 0.6 is 0 Å². The molecule has 0 spiro atoms. The maximum absolute atomic E-state index is 13.9. The summed E-state index contributed by atoms with van der Waals surface area (Å²) in [5.41, 5.74) is 6.54. The van der Waals surface area contributed by atoms with Gasteiger partial charge in [-0.1, -0.05) is 60.7 Å². The van der Waals surface area contributed by atoms with E-state index in [0.29, 0.717) is 35.1 Å². The van der Waals surface area contributed by atoms with E-state index in [1.807, 2.05) is 0 Å². The molecule has 1 atom stereocenters. The van der Waals surface area contributed by atoms with Gasteiger partial charge in [0.25, 0.3) is 0 Å². The number of phenolic OH excluding ortho intramolecular Hbond substituents is 2. The van der Waals surface area contributed by atoms with Crippen LogP contribution in [0.5, 0.6) is 11.5 Å². The number of benzene rings is 3. The molecule has 5 nitrogen and oxygen atoms in total.